The summed E-state index contributed by atoms with van der Waals surface area (Å²) in [6, 6.07) is 1.38. The van der Waals surface area contributed by atoms with Gasteiger partial charge in [0.15, 0.2) is 0 Å². The van der Waals surface area contributed by atoms with Crippen LogP contribution in [0.4, 0.5) is 0 Å². The van der Waals surface area contributed by atoms with E-state index in [4.69, 9.17) is 4.55 Å². The lowest BCUT2D eigenvalue weighted by molar-refractivity contribution is 0.480. The fourth-order valence-electron chi connectivity index (χ4n) is 0.571. The summed E-state index contributed by atoms with van der Waals surface area (Å²) in [6.45, 7) is 0. The molecule has 0 fully saturated rings. The smallest absolute Gasteiger partial charge is 0.282 e. The van der Waals surface area contributed by atoms with E-state index in [-0.39, 0.29) is 9.79 Å². The largest absolute Gasteiger partial charge is 0.297 e. The molecule has 4 nitrogen and oxygen atoms in total. The van der Waals surface area contributed by atoms with Gasteiger partial charge in [-0.2, -0.15) is 8.42 Å². The molecule has 0 aliphatic heterocycles. The molecule has 1 aromatic rings. The Balaban J connectivity index is 3.37. The first-order chi connectivity index (χ1) is 5.02. The lowest BCUT2D eigenvalue weighted by Gasteiger charge is -1.97. The van der Waals surface area contributed by atoms with Crippen LogP contribution in [-0.2, 0) is 10.1 Å². The normalized spacial score (nSPS) is 11.5. The Kier molecular flexibility index (Phi) is 2.17. The molecule has 6 heteroatoms. The number of nitrogens with zero attached hydrogens (tertiary/aromatic N) is 1. The highest BCUT2D eigenvalue weighted by Crippen LogP contribution is 2.16. The Hall–Kier alpha value is -0.590. The van der Waals surface area contributed by atoms with Gasteiger partial charge in [0, 0.05) is 17.3 Å². The molecule has 0 saturated heterocycles. The second kappa shape index (κ2) is 2.80. The standard InChI is InChI=1S/C5H5NO3S2/c7-11(8,9)5-3-6-2-1-4(5)10/h1-3H,(H,6,10)(H,7,8,9). The van der Waals surface area contributed by atoms with Crippen LogP contribution in [0.25, 0.3) is 0 Å². The zero-order valence-corrected chi connectivity index (χ0v) is 7.01. The van der Waals surface area contributed by atoms with Crippen LogP contribution in [0.1, 0.15) is 0 Å². The van der Waals surface area contributed by atoms with Crippen molar-refractivity contribution in [3.05, 3.63) is 18.5 Å². The highest BCUT2D eigenvalue weighted by Gasteiger charge is 2.12. The quantitative estimate of drug-likeness (QED) is 0.504. The molecule has 0 bridgehead atoms. The van der Waals surface area contributed by atoms with Crippen molar-refractivity contribution < 1.29 is 13.0 Å². The third kappa shape index (κ3) is 1.92. The van der Waals surface area contributed by atoms with Gasteiger partial charge >= 0.3 is 0 Å². The minimum atomic E-state index is -4.17. The van der Waals surface area contributed by atoms with E-state index in [1.54, 1.807) is 0 Å². The van der Waals surface area contributed by atoms with Gasteiger partial charge in [-0.05, 0) is 6.07 Å². The van der Waals surface area contributed by atoms with Crippen LogP contribution in [-0.4, -0.2) is 18.0 Å². The van der Waals surface area contributed by atoms with Crippen molar-refractivity contribution >= 4 is 22.7 Å². The van der Waals surface area contributed by atoms with Crippen molar-refractivity contribution in [2.75, 3.05) is 0 Å². The zero-order valence-electron chi connectivity index (χ0n) is 5.30. The first-order valence-electron chi connectivity index (χ1n) is 2.62. The van der Waals surface area contributed by atoms with Gasteiger partial charge in [-0.3, -0.25) is 9.54 Å². The fraction of sp³-hybridized carbons (Fsp3) is 0. The Morgan fingerprint density at radius 2 is 2.18 bits per heavy atom. The average Bonchev–Trinajstić information content (AvgIpc) is 1.86. The van der Waals surface area contributed by atoms with Gasteiger partial charge in [0.25, 0.3) is 10.1 Å². The Morgan fingerprint density at radius 3 is 2.55 bits per heavy atom. The topological polar surface area (TPSA) is 67.3 Å². The number of hydrogen-bond donors (Lipinski definition) is 2. The maximum atomic E-state index is 10.5. The Morgan fingerprint density at radius 1 is 1.55 bits per heavy atom. The summed E-state index contributed by atoms with van der Waals surface area (Å²) < 4.78 is 29.6. The SMILES string of the molecule is O=S(=O)(O)c1cnccc1S. The van der Waals surface area contributed by atoms with Gasteiger partial charge in [-0.15, -0.1) is 12.6 Å². The average molecular weight is 191 g/mol. The van der Waals surface area contributed by atoms with E-state index >= 15 is 0 Å². The molecule has 1 heterocycles. The van der Waals surface area contributed by atoms with E-state index in [9.17, 15) is 8.42 Å². The van der Waals surface area contributed by atoms with Gasteiger partial charge in [0.05, 0.1) is 0 Å². The van der Waals surface area contributed by atoms with Crippen LogP contribution in [0.15, 0.2) is 28.3 Å². The summed E-state index contributed by atoms with van der Waals surface area (Å²) in [5.74, 6) is 0. The molecule has 1 N–H and O–H groups in total. The number of thiol groups is 1. The van der Waals surface area contributed by atoms with Gasteiger partial charge in [0.2, 0.25) is 0 Å². The fourth-order valence-corrected chi connectivity index (χ4v) is 1.57. The maximum absolute atomic E-state index is 10.5. The molecule has 1 aromatic heterocycles. The molecule has 60 valence electrons. The van der Waals surface area contributed by atoms with Gasteiger partial charge in [-0.25, -0.2) is 0 Å². The van der Waals surface area contributed by atoms with E-state index < -0.39 is 10.1 Å². The predicted octanol–water partition coefficient (Wildman–Crippen LogP) is 0.617. The number of aromatic nitrogens is 1. The first kappa shape index (κ1) is 8.51. The van der Waals surface area contributed by atoms with Gasteiger partial charge < -0.3 is 0 Å². The molecule has 0 saturated carbocycles. The highest BCUT2D eigenvalue weighted by molar-refractivity contribution is 7.87. The molecule has 0 unspecified atom stereocenters. The summed E-state index contributed by atoms with van der Waals surface area (Å²) in [7, 11) is -4.17. The van der Waals surface area contributed by atoms with E-state index in [1.807, 2.05) is 0 Å². The van der Waals surface area contributed by atoms with E-state index in [2.05, 4.69) is 17.6 Å². The highest BCUT2D eigenvalue weighted by atomic mass is 32.2. The molecule has 0 radical (unpaired) electrons. The van der Waals surface area contributed by atoms with E-state index in [0.29, 0.717) is 0 Å². The van der Waals surface area contributed by atoms with Crippen molar-refractivity contribution in [2.45, 2.75) is 9.79 Å². The summed E-state index contributed by atoms with van der Waals surface area (Å²) >= 11 is 3.81. The van der Waals surface area contributed by atoms with Crippen LogP contribution >= 0.6 is 12.6 Å². The third-order valence-corrected chi connectivity index (χ3v) is 2.46. The predicted molar refractivity (Wildman–Crippen MR) is 41.3 cm³/mol. The van der Waals surface area contributed by atoms with Crippen molar-refractivity contribution in [2.24, 2.45) is 0 Å². The van der Waals surface area contributed by atoms with Crippen LogP contribution < -0.4 is 0 Å². The molecular formula is C5H5NO3S2. The number of hydrogen-bond acceptors (Lipinski definition) is 4. The summed E-state index contributed by atoms with van der Waals surface area (Å²) in [5.41, 5.74) is 0. The third-order valence-electron chi connectivity index (χ3n) is 1.04. The Bertz CT molecular complexity index is 360. The van der Waals surface area contributed by atoms with Gasteiger partial charge in [-0.1, -0.05) is 0 Å². The van der Waals surface area contributed by atoms with Crippen LogP contribution in [0.3, 0.4) is 0 Å². The van der Waals surface area contributed by atoms with Crippen molar-refractivity contribution in [1.82, 2.24) is 4.98 Å². The molecule has 0 aliphatic carbocycles. The lowest BCUT2D eigenvalue weighted by atomic mass is 10.5. The molecular weight excluding hydrogens is 186 g/mol. The van der Waals surface area contributed by atoms with Crippen molar-refractivity contribution in [3.63, 3.8) is 0 Å². The molecule has 0 spiro atoms. The number of rotatable bonds is 1. The summed E-state index contributed by atoms with van der Waals surface area (Å²) in [5, 5.41) is 0. The Labute approximate surface area is 69.4 Å². The second-order valence-electron chi connectivity index (χ2n) is 1.82. The van der Waals surface area contributed by atoms with Crippen molar-refractivity contribution in [3.8, 4) is 0 Å². The molecule has 1 rings (SSSR count). The minimum Gasteiger partial charge on any atom is -0.282 e. The van der Waals surface area contributed by atoms with Crippen LogP contribution in [0.5, 0.6) is 0 Å². The summed E-state index contributed by atoms with van der Waals surface area (Å²) in [4.78, 5) is 3.43. The molecule has 0 atom stereocenters. The van der Waals surface area contributed by atoms with Gasteiger partial charge in [0.1, 0.15) is 4.90 Å². The molecule has 0 amide bonds. The molecule has 0 aromatic carbocycles. The maximum Gasteiger partial charge on any atom is 0.297 e. The second-order valence-corrected chi connectivity index (χ2v) is 3.69. The lowest BCUT2D eigenvalue weighted by Crippen LogP contribution is -1.99. The summed E-state index contributed by atoms with van der Waals surface area (Å²) in [6.07, 6.45) is 2.43. The minimum absolute atomic E-state index is 0.183. The monoisotopic (exact) mass is 191 g/mol. The molecule has 11 heavy (non-hydrogen) atoms. The van der Waals surface area contributed by atoms with E-state index in [0.717, 1.165) is 6.20 Å². The van der Waals surface area contributed by atoms with Crippen LogP contribution in [0.2, 0.25) is 0 Å². The first-order valence-corrected chi connectivity index (χ1v) is 4.51. The van der Waals surface area contributed by atoms with E-state index in [1.165, 1.54) is 12.3 Å². The molecule has 0 aliphatic rings. The zero-order chi connectivity index (χ0) is 8.48. The van der Waals surface area contributed by atoms with Crippen LogP contribution in [0, 0.1) is 0 Å². The number of pyridine rings is 1. The van der Waals surface area contributed by atoms with Crippen molar-refractivity contribution in [1.29, 1.82) is 0 Å².